The minimum atomic E-state index is -4.51. The Kier molecular flexibility index (Phi) is 4.52. The Morgan fingerprint density at radius 2 is 1.68 bits per heavy atom. The molecule has 2 aromatic heterocycles. The van der Waals surface area contributed by atoms with E-state index in [1.54, 1.807) is 6.07 Å². The third kappa shape index (κ3) is 3.26. The van der Waals surface area contributed by atoms with Gasteiger partial charge in [0.2, 0.25) is 0 Å². The molecule has 172 valence electrons. The van der Waals surface area contributed by atoms with Crippen LogP contribution in [0.2, 0.25) is 0 Å². The fraction of sp³-hybridized carbons (Fsp3) is 0.280. The van der Waals surface area contributed by atoms with Gasteiger partial charge < -0.3 is 9.72 Å². The summed E-state index contributed by atoms with van der Waals surface area (Å²) in [5, 5.41) is 0. The van der Waals surface area contributed by atoms with Gasteiger partial charge in [-0.3, -0.25) is 0 Å². The van der Waals surface area contributed by atoms with E-state index >= 15 is 0 Å². The van der Waals surface area contributed by atoms with Crippen molar-refractivity contribution in [2.24, 2.45) is 0 Å². The Balaban J connectivity index is 1.27. The number of imidazole rings is 1. The zero-order valence-corrected chi connectivity index (χ0v) is 17.9. The first-order valence-electron chi connectivity index (χ1n) is 11.1. The van der Waals surface area contributed by atoms with Crippen LogP contribution >= 0.6 is 0 Å². The van der Waals surface area contributed by atoms with Gasteiger partial charge in [-0.25, -0.2) is 19.7 Å². The zero-order chi connectivity index (χ0) is 23.5. The van der Waals surface area contributed by atoms with E-state index in [4.69, 9.17) is 4.74 Å². The highest BCUT2D eigenvalue weighted by molar-refractivity contribution is 5.94. The van der Waals surface area contributed by atoms with Crippen LogP contribution in [0.3, 0.4) is 0 Å². The monoisotopic (exact) mass is 464 g/mol. The van der Waals surface area contributed by atoms with Gasteiger partial charge in [0.15, 0.2) is 11.5 Å². The molecule has 2 aliphatic rings. The predicted molar refractivity (Wildman–Crippen MR) is 117 cm³/mol. The fourth-order valence-corrected chi connectivity index (χ4v) is 5.15. The maximum Gasteiger partial charge on any atom is 0.417 e. The Hall–Kier alpha value is -3.75. The van der Waals surface area contributed by atoms with Crippen molar-refractivity contribution in [3.8, 4) is 11.4 Å². The molecule has 0 saturated heterocycles. The van der Waals surface area contributed by atoms with E-state index < -0.39 is 17.3 Å². The highest BCUT2D eigenvalue weighted by Crippen LogP contribution is 2.49. The molecule has 9 heteroatoms. The van der Waals surface area contributed by atoms with E-state index in [1.165, 1.54) is 24.4 Å². The molecule has 4 aromatic rings. The van der Waals surface area contributed by atoms with Crippen molar-refractivity contribution >= 4 is 17.1 Å². The van der Waals surface area contributed by atoms with E-state index in [2.05, 4.69) is 19.9 Å². The van der Waals surface area contributed by atoms with Crippen LogP contribution in [0.4, 0.5) is 13.2 Å². The van der Waals surface area contributed by atoms with Crippen molar-refractivity contribution in [1.29, 1.82) is 0 Å². The number of alkyl halides is 3. The number of carbonyl (C=O) groups excluding carboxylic acids is 1. The summed E-state index contributed by atoms with van der Waals surface area (Å²) in [7, 11) is 0. The Labute approximate surface area is 192 Å². The number of H-pyrrole nitrogens is 1. The third-order valence-corrected chi connectivity index (χ3v) is 6.84. The molecule has 0 atom stereocenters. The molecule has 1 spiro atoms. The quantitative estimate of drug-likeness (QED) is 0.382. The molecule has 1 fully saturated rings. The SMILES string of the molecule is O=C1OC2(CCC(c3nc4cnc(-c5ccccc5C(F)(F)F)nc4[nH]3)CC2)c2ccccc21. The van der Waals surface area contributed by atoms with Gasteiger partial charge in [0, 0.05) is 17.0 Å². The summed E-state index contributed by atoms with van der Waals surface area (Å²) in [4.78, 5) is 28.6. The van der Waals surface area contributed by atoms with E-state index in [0.717, 1.165) is 30.3 Å². The van der Waals surface area contributed by atoms with Gasteiger partial charge in [-0.2, -0.15) is 13.2 Å². The number of rotatable bonds is 2. The van der Waals surface area contributed by atoms with Gasteiger partial charge in [0.25, 0.3) is 0 Å². The number of aromatic nitrogens is 4. The number of nitrogens with zero attached hydrogens (tertiary/aromatic N) is 3. The summed E-state index contributed by atoms with van der Waals surface area (Å²) in [5.74, 6) is 0.530. The number of aromatic amines is 1. The molecule has 1 N–H and O–H groups in total. The number of nitrogens with one attached hydrogen (secondary N) is 1. The van der Waals surface area contributed by atoms with Gasteiger partial charge >= 0.3 is 12.1 Å². The van der Waals surface area contributed by atoms with Crippen LogP contribution in [-0.2, 0) is 16.5 Å². The molecule has 0 unspecified atom stereocenters. The summed E-state index contributed by atoms with van der Waals surface area (Å²) in [6.07, 6.45) is -0.212. The van der Waals surface area contributed by atoms with Gasteiger partial charge in [0.05, 0.1) is 17.3 Å². The van der Waals surface area contributed by atoms with Crippen LogP contribution in [0, 0.1) is 0 Å². The molecule has 1 aliphatic carbocycles. The van der Waals surface area contributed by atoms with Crippen molar-refractivity contribution in [3.05, 3.63) is 77.2 Å². The van der Waals surface area contributed by atoms with Gasteiger partial charge in [-0.15, -0.1) is 0 Å². The normalized spacial score (nSPS) is 22.2. The number of benzene rings is 2. The molecule has 0 amide bonds. The molecule has 0 bridgehead atoms. The lowest BCUT2D eigenvalue weighted by atomic mass is 9.75. The standard InChI is InChI=1S/C25H19F3N4O2/c26-25(27,28)18-8-4-1-5-15(18)21-29-13-19-22(32-21)31-20(30-19)14-9-11-24(12-10-14)17-7-3-2-6-16(17)23(33)34-24/h1-8,13-14H,9-12H2,(H,29,30,31,32). The van der Waals surface area contributed by atoms with Crippen LogP contribution in [0.15, 0.2) is 54.7 Å². The maximum absolute atomic E-state index is 13.4. The largest absolute Gasteiger partial charge is 0.451 e. The molecule has 1 aliphatic heterocycles. The second kappa shape index (κ2) is 7.38. The molecule has 34 heavy (non-hydrogen) atoms. The smallest absolute Gasteiger partial charge is 0.417 e. The topological polar surface area (TPSA) is 80.8 Å². The number of esters is 1. The number of carbonyl (C=O) groups is 1. The van der Waals surface area contributed by atoms with E-state index in [0.29, 0.717) is 29.6 Å². The fourth-order valence-electron chi connectivity index (χ4n) is 5.15. The second-order valence-electron chi connectivity index (χ2n) is 8.80. The first kappa shape index (κ1) is 20.8. The summed E-state index contributed by atoms with van der Waals surface area (Å²) in [6.45, 7) is 0. The molecular formula is C25H19F3N4O2. The van der Waals surface area contributed by atoms with Crippen LogP contribution < -0.4 is 0 Å². The number of hydrogen-bond donors (Lipinski definition) is 1. The first-order valence-corrected chi connectivity index (χ1v) is 11.1. The highest BCUT2D eigenvalue weighted by Gasteiger charge is 2.47. The van der Waals surface area contributed by atoms with Crippen molar-refractivity contribution in [1.82, 2.24) is 19.9 Å². The van der Waals surface area contributed by atoms with Crippen molar-refractivity contribution < 1.29 is 22.7 Å². The zero-order valence-electron chi connectivity index (χ0n) is 17.9. The van der Waals surface area contributed by atoms with Crippen LogP contribution in [0.5, 0.6) is 0 Å². The van der Waals surface area contributed by atoms with Crippen LogP contribution in [0.25, 0.3) is 22.6 Å². The minimum absolute atomic E-state index is 0.00676. The van der Waals surface area contributed by atoms with E-state index in [1.807, 2.05) is 18.2 Å². The molecule has 1 saturated carbocycles. The third-order valence-electron chi connectivity index (χ3n) is 6.84. The van der Waals surface area contributed by atoms with Crippen molar-refractivity contribution in [2.75, 3.05) is 0 Å². The number of fused-ring (bicyclic) bond motifs is 3. The summed E-state index contributed by atoms with van der Waals surface area (Å²) >= 11 is 0. The van der Waals surface area contributed by atoms with Gasteiger partial charge in [-0.1, -0.05) is 36.4 Å². The molecule has 3 heterocycles. The Morgan fingerprint density at radius 1 is 0.971 bits per heavy atom. The van der Waals surface area contributed by atoms with E-state index in [9.17, 15) is 18.0 Å². The Morgan fingerprint density at radius 3 is 2.44 bits per heavy atom. The minimum Gasteiger partial charge on any atom is -0.451 e. The molecule has 6 nitrogen and oxygen atoms in total. The first-order chi connectivity index (χ1) is 16.3. The number of halogens is 3. The number of ether oxygens (including phenoxy) is 1. The predicted octanol–water partition coefficient (Wildman–Crippen LogP) is 5.76. The lowest BCUT2D eigenvalue weighted by Crippen LogP contribution is -2.31. The summed E-state index contributed by atoms with van der Waals surface area (Å²) < 4.78 is 46.1. The maximum atomic E-state index is 13.4. The highest BCUT2D eigenvalue weighted by atomic mass is 19.4. The van der Waals surface area contributed by atoms with Crippen LogP contribution in [0.1, 0.15) is 58.9 Å². The lowest BCUT2D eigenvalue weighted by Gasteiger charge is -2.35. The van der Waals surface area contributed by atoms with E-state index in [-0.39, 0.29) is 23.3 Å². The summed E-state index contributed by atoms with van der Waals surface area (Å²) in [5.41, 5.74) is 1.03. The van der Waals surface area contributed by atoms with Gasteiger partial charge in [-0.05, 0) is 37.8 Å². The molecule has 2 aromatic carbocycles. The average molecular weight is 464 g/mol. The average Bonchev–Trinajstić information content (AvgIpc) is 3.38. The Bertz CT molecular complexity index is 1420. The molecular weight excluding hydrogens is 445 g/mol. The van der Waals surface area contributed by atoms with Crippen molar-refractivity contribution in [2.45, 2.75) is 43.4 Å². The lowest BCUT2D eigenvalue weighted by molar-refractivity contribution is -0.137. The molecule has 6 rings (SSSR count). The van der Waals surface area contributed by atoms with Crippen LogP contribution in [-0.4, -0.2) is 25.9 Å². The second-order valence-corrected chi connectivity index (χ2v) is 8.80. The number of hydrogen-bond acceptors (Lipinski definition) is 5. The molecule has 0 radical (unpaired) electrons. The van der Waals surface area contributed by atoms with Gasteiger partial charge in [0.1, 0.15) is 16.9 Å². The van der Waals surface area contributed by atoms with Crippen molar-refractivity contribution in [3.63, 3.8) is 0 Å². The summed E-state index contributed by atoms with van der Waals surface area (Å²) in [6, 6.07) is 12.8.